The fourth-order valence-electron chi connectivity index (χ4n) is 1.61. The molecule has 0 aliphatic carbocycles. The van der Waals surface area contributed by atoms with E-state index in [0.717, 1.165) is 17.8 Å². The maximum atomic E-state index is 5.80. The topological polar surface area (TPSA) is 43.3 Å². The van der Waals surface area contributed by atoms with E-state index in [4.69, 9.17) is 5.73 Å². The molecule has 0 saturated heterocycles. The first-order valence-electron chi connectivity index (χ1n) is 4.45. The van der Waals surface area contributed by atoms with Gasteiger partial charge in [0.15, 0.2) is 0 Å². The van der Waals surface area contributed by atoms with Crippen molar-refractivity contribution >= 4 is 11.5 Å². The summed E-state index contributed by atoms with van der Waals surface area (Å²) < 4.78 is 1.98. The maximum absolute atomic E-state index is 5.80. The molecule has 0 bridgehead atoms. The van der Waals surface area contributed by atoms with E-state index in [1.54, 1.807) is 6.20 Å². The fourth-order valence-corrected chi connectivity index (χ4v) is 1.61. The summed E-state index contributed by atoms with van der Waals surface area (Å²) in [6.07, 6.45) is 2.70. The lowest BCUT2D eigenvalue weighted by Crippen LogP contribution is -1.98. The van der Waals surface area contributed by atoms with Crippen LogP contribution >= 0.6 is 0 Å². The van der Waals surface area contributed by atoms with Crippen molar-refractivity contribution in [2.75, 3.05) is 5.73 Å². The first-order chi connectivity index (χ1) is 6.24. The molecular weight excluding hydrogens is 162 g/mol. The zero-order valence-electron chi connectivity index (χ0n) is 7.91. The second kappa shape index (κ2) is 2.76. The third-order valence-electron chi connectivity index (χ3n) is 2.34. The molecule has 0 radical (unpaired) electrons. The number of hydrogen-bond acceptors (Lipinski definition) is 2. The lowest BCUT2D eigenvalue weighted by molar-refractivity contribution is 1.05. The molecule has 0 fully saturated rings. The molecule has 3 nitrogen and oxygen atoms in total. The monoisotopic (exact) mass is 175 g/mol. The predicted octanol–water partition coefficient (Wildman–Crippen LogP) is 1.79. The smallest absolute Gasteiger partial charge is 0.141 e. The van der Waals surface area contributed by atoms with Gasteiger partial charge in [-0.3, -0.25) is 4.40 Å². The molecule has 2 aromatic heterocycles. The molecule has 0 atom stereocenters. The van der Waals surface area contributed by atoms with Gasteiger partial charge in [0.05, 0.1) is 6.20 Å². The number of anilines is 1. The summed E-state index contributed by atoms with van der Waals surface area (Å²) in [6.45, 7) is 4.15. The van der Waals surface area contributed by atoms with Crippen molar-refractivity contribution in [1.29, 1.82) is 0 Å². The van der Waals surface area contributed by atoms with Crippen LogP contribution in [0, 0.1) is 6.92 Å². The van der Waals surface area contributed by atoms with Crippen LogP contribution in [-0.2, 0) is 6.42 Å². The average molecular weight is 175 g/mol. The number of pyridine rings is 1. The van der Waals surface area contributed by atoms with Crippen molar-refractivity contribution in [3.63, 3.8) is 0 Å². The largest absolute Gasteiger partial charge is 0.383 e. The van der Waals surface area contributed by atoms with Gasteiger partial charge in [0.1, 0.15) is 11.5 Å². The highest BCUT2D eigenvalue weighted by atomic mass is 15.1. The first-order valence-corrected chi connectivity index (χ1v) is 4.45. The van der Waals surface area contributed by atoms with Crippen LogP contribution in [0.3, 0.4) is 0 Å². The highest BCUT2D eigenvalue weighted by molar-refractivity contribution is 5.55. The van der Waals surface area contributed by atoms with Gasteiger partial charge in [-0.1, -0.05) is 13.0 Å². The van der Waals surface area contributed by atoms with Gasteiger partial charge < -0.3 is 5.73 Å². The molecule has 3 heteroatoms. The van der Waals surface area contributed by atoms with Crippen molar-refractivity contribution in [3.8, 4) is 0 Å². The molecule has 13 heavy (non-hydrogen) atoms. The SMILES string of the molecule is CCc1ccc(C)n2c(N)cnc12. The van der Waals surface area contributed by atoms with Gasteiger partial charge in [-0.15, -0.1) is 0 Å². The third kappa shape index (κ3) is 1.08. The molecule has 0 aromatic carbocycles. The van der Waals surface area contributed by atoms with Crippen LogP contribution in [0.1, 0.15) is 18.2 Å². The number of fused-ring (bicyclic) bond motifs is 1. The number of nitrogens with zero attached hydrogens (tertiary/aromatic N) is 2. The number of aryl methyl sites for hydroxylation is 2. The summed E-state index contributed by atoms with van der Waals surface area (Å²) >= 11 is 0. The minimum absolute atomic E-state index is 0.711. The number of nitrogens with two attached hydrogens (primary N) is 1. The van der Waals surface area contributed by atoms with Crippen molar-refractivity contribution < 1.29 is 0 Å². The van der Waals surface area contributed by atoms with Crippen molar-refractivity contribution in [2.24, 2.45) is 0 Å². The van der Waals surface area contributed by atoms with Gasteiger partial charge in [-0.2, -0.15) is 0 Å². The summed E-state index contributed by atoms with van der Waals surface area (Å²) in [4.78, 5) is 4.29. The van der Waals surface area contributed by atoms with Gasteiger partial charge in [0.25, 0.3) is 0 Å². The number of hydrogen-bond donors (Lipinski definition) is 1. The quantitative estimate of drug-likeness (QED) is 0.718. The van der Waals surface area contributed by atoms with Crippen LogP contribution in [0.5, 0.6) is 0 Å². The lowest BCUT2D eigenvalue weighted by atomic mass is 10.2. The number of rotatable bonds is 1. The van der Waals surface area contributed by atoms with Gasteiger partial charge in [-0.25, -0.2) is 4.98 Å². The maximum Gasteiger partial charge on any atom is 0.141 e. The minimum atomic E-state index is 0.711. The average Bonchev–Trinajstić information content (AvgIpc) is 2.50. The van der Waals surface area contributed by atoms with Crippen molar-refractivity contribution in [2.45, 2.75) is 20.3 Å². The number of nitrogen functional groups attached to an aromatic ring is 1. The summed E-state index contributed by atoms with van der Waals surface area (Å²) in [5.74, 6) is 0.711. The van der Waals surface area contributed by atoms with Gasteiger partial charge in [0.2, 0.25) is 0 Å². The van der Waals surface area contributed by atoms with E-state index in [1.165, 1.54) is 5.56 Å². The Kier molecular flexibility index (Phi) is 1.72. The zero-order valence-corrected chi connectivity index (χ0v) is 7.91. The molecule has 0 aliphatic rings. The molecule has 0 aliphatic heterocycles. The molecule has 68 valence electrons. The van der Waals surface area contributed by atoms with E-state index < -0.39 is 0 Å². The van der Waals surface area contributed by atoms with Crippen LogP contribution < -0.4 is 5.73 Å². The Labute approximate surface area is 77.2 Å². The Hall–Kier alpha value is -1.51. The second-order valence-corrected chi connectivity index (χ2v) is 3.20. The van der Waals surface area contributed by atoms with Crippen molar-refractivity contribution in [3.05, 3.63) is 29.6 Å². The van der Waals surface area contributed by atoms with Crippen molar-refractivity contribution in [1.82, 2.24) is 9.38 Å². The first kappa shape index (κ1) is 8.10. The fraction of sp³-hybridized carbons (Fsp3) is 0.300. The van der Waals surface area contributed by atoms with E-state index in [9.17, 15) is 0 Å². The summed E-state index contributed by atoms with van der Waals surface area (Å²) in [5.41, 5.74) is 9.15. The molecular formula is C10H13N3. The molecule has 0 unspecified atom stereocenters. The van der Waals surface area contributed by atoms with E-state index in [0.29, 0.717) is 5.82 Å². The molecule has 0 spiro atoms. The van der Waals surface area contributed by atoms with Crippen LogP contribution in [0.25, 0.3) is 5.65 Å². The van der Waals surface area contributed by atoms with Crippen LogP contribution in [-0.4, -0.2) is 9.38 Å². The zero-order chi connectivity index (χ0) is 9.42. The van der Waals surface area contributed by atoms with E-state index in [2.05, 4.69) is 24.0 Å². The molecule has 2 aromatic rings. The molecule has 0 amide bonds. The summed E-state index contributed by atoms with van der Waals surface area (Å²) in [6, 6.07) is 4.18. The highest BCUT2D eigenvalue weighted by Crippen LogP contribution is 2.16. The highest BCUT2D eigenvalue weighted by Gasteiger charge is 2.05. The third-order valence-corrected chi connectivity index (χ3v) is 2.34. The Bertz CT molecular complexity index is 443. The Morgan fingerprint density at radius 2 is 2.23 bits per heavy atom. The Morgan fingerprint density at radius 3 is 2.92 bits per heavy atom. The lowest BCUT2D eigenvalue weighted by Gasteiger charge is -2.04. The van der Waals surface area contributed by atoms with Crippen LogP contribution in [0.15, 0.2) is 18.3 Å². The predicted molar refractivity (Wildman–Crippen MR) is 53.7 cm³/mol. The summed E-state index contributed by atoms with van der Waals surface area (Å²) in [5, 5.41) is 0. The van der Waals surface area contributed by atoms with E-state index >= 15 is 0 Å². The van der Waals surface area contributed by atoms with Crippen LogP contribution in [0.2, 0.25) is 0 Å². The molecule has 0 saturated carbocycles. The van der Waals surface area contributed by atoms with Gasteiger partial charge in [0, 0.05) is 5.69 Å². The molecule has 2 N–H and O–H groups in total. The normalized spacial score (nSPS) is 10.9. The standard InChI is InChI=1S/C10H13N3/c1-3-8-5-4-7(2)13-9(11)6-12-10(8)13/h4-6H,3,11H2,1-2H3. The van der Waals surface area contributed by atoms with Crippen LogP contribution in [0.4, 0.5) is 5.82 Å². The van der Waals surface area contributed by atoms with E-state index in [1.807, 2.05) is 11.3 Å². The second-order valence-electron chi connectivity index (χ2n) is 3.20. The Morgan fingerprint density at radius 1 is 1.46 bits per heavy atom. The molecule has 2 heterocycles. The molecule has 2 rings (SSSR count). The number of aromatic nitrogens is 2. The number of imidazole rings is 1. The van der Waals surface area contributed by atoms with Gasteiger partial charge >= 0.3 is 0 Å². The van der Waals surface area contributed by atoms with Gasteiger partial charge in [-0.05, 0) is 25.0 Å². The minimum Gasteiger partial charge on any atom is -0.383 e. The van der Waals surface area contributed by atoms with E-state index in [-0.39, 0.29) is 0 Å². The summed E-state index contributed by atoms with van der Waals surface area (Å²) in [7, 11) is 0. The Balaban J connectivity index is 2.87.